The second-order valence-electron chi connectivity index (χ2n) is 9.15. The molecule has 1 saturated heterocycles. The number of hydrogen-bond donors (Lipinski definition) is 2. The maximum Gasteiger partial charge on any atom is 0.228 e. The van der Waals surface area contributed by atoms with Crippen molar-refractivity contribution in [2.75, 3.05) is 31.5 Å². The van der Waals surface area contributed by atoms with Crippen molar-refractivity contribution in [3.63, 3.8) is 0 Å². The summed E-state index contributed by atoms with van der Waals surface area (Å²) in [6, 6.07) is 8.19. The van der Waals surface area contributed by atoms with Crippen LogP contribution in [0.2, 0.25) is 0 Å². The Labute approximate surface area is 184 Å². The minimum absolute atomic E-state index is 0.0251. The van der Waals surface area contributed by atoms with Crippen molar-refractivity contribution in [3.8, 4) is 6.07 Å². The summed E-state index contributed by atoms with van der Waals surface area (Å²) >= 11 is 0. The second kappa shape index (κ2) is 9.61. The number of nitriles is 1. The molecule has 0 radical (unpaired) electrons. The number of fused-ring (bicyclic) bond motifs is 1. The van der Waals surface area contributed by atoms with Crippen molar-refractivity contribution in [1.82, 2.24) is 20.2 Å². The largest absolute Gasteiger partial charge is 0.367 e. The molecule has 1 amide bonds. The molecule has 3 aliphatic rings. The highest BCUT2D eigenvalue weighted by Gasteiger charge is 2.47. The van der Waals surface area contributed by atoms with Gasteiger partial charge in [0.2, 0.25) is 5.91 Å². The molecule has 2 aliphatic carbocycles. The number of hydrogen-bond acceptors (Lipinski definition) is 6. The number of rotatable bonds is 3. The first-order chi connectivity index (χ1) is 15.1. The fraction of sp³-hybridized carbons (Fsp3) is 0.583. The van der Waals surface area contributed by atoms with Gasteiger partial charge >= 0.3 is 0 Å². The van der Waals surface area contributed by atoms with E-state index in [9.17, 15) is 4.79 Å². The summed E-state index contributed by atoms with van der Waals surface area (Å²) < 4.78 is 0. The second-order valence-corrected chi connectivity index (χ2v) is 9.15. The maximum atomic E-state index is 11.8. The van der Waals surface area contributed by atoms with Gasteiger partial charge in [-0.15, -0.1) is 0 Å². The summed E-state index contributed by atoms with van der Waals surface area (Å²) in [5.74, 6) is 1.23. The highest BCUT2D eigenvalue weighted by molar-refractivity contribution is 5.90. The third-order valence-electron chi connectivity index (χ3n) is 6.63. The maximum absolute atomic E-state index is 11.8. The van der Waals surface area contributed by atoms with E-state index in [0.717, 1.165) is 55.7 Å². The lowest BCUT2D eigenvalue weighted by Gasteiger charge is -2.29. The SMILES string of the molecule is CC1(C(=O)N2CCNCC2)CC1.N#Cc1ccc2ncnc(NC3CCCCC3)c2c1. The van der Waals surface area contributed by atoms with Gasteiger partial charge in [-0.1, -0.05) is 26.2 Å². The van der Waals surface area contributed by atoms with Crippen molar-refractivity contribution in [2.45, 2.75) is 57.9 Å². The highest BCUT2D eigenvalue weighted by Crippen LogP contribution is 2.46. The van der Waals surface area contributed by atoms with E-state index in [1.54, 1.807) is 12.4 Å². The van der Waals surface area contributed by atoms with Gasteiger partial charge in [0.1, 0.15) is 12.1 Å². The first-order valence-electron chi connectivity index (χ1n) is 11.5. The van der Waals surface area contributed by atoms with Gasteiger partial charge in [0.15, 0.2) is 0 Å². The first-order valence-corrected chi connectivity index (χ1v) is 11.5. The molecule has 2 N–H and O–H groups in total. The van der Waals surface area contributed by atoms with Gasteiger partial charge < -0.3 is 15.5 Å². The number of anilines is 1. The Bertz CT molecular complexity index is 952. The van der Waals surface area contributed by atoms with E-state index < -0.39 is 0 Å². The van der Waals surface area contributed by atoms with E-state index in [1.807, 2.05) is 17.0 Å². The molecule has 0 unspecified atom stereocenters. The Morgan fingerprint density at radius 3 is 2.61 bits per heavy atom. The summed E-state index contributed by atoms with van der Waals surface area (Å²) in [5.41, 5.74) is 1.55. The number of aromatic nitrogens is 2. The molecule has 2 heterocycles. The molecule has 164 valence electrons. The predicted octanol–water partition coefficient (Wildman–Crippen LogP) is 3.46. The lowest BCUT2D eigenvalue weighted by Crippen LogP contribution is -2.48. The molecule has 7 nitrogen and oxygen atoms in total. The molecule has 3 fully saturated rings. The first kappa shape index (κ1) is 21.5. The van der Waals surface area contributed by atoms with Crippen LogP contribution in [0.15, 0.2) is 24.5 Å². The van der Waals surface area contributed by atoms with E-state index in [1.165, 1.54) is 32.1 Å². The fourth-order valence-electron chi connectivity index (χ4n) is 4.33. The summed E-state index contributed by atoms with van der Waals surface area (Å²) in [6.45, 7) is 5.80. The smallest absolute Gasteiger partial charge is 0.228 e. The third kappa shape index (κ3) is 5.31. The molecule has 1 aromatic carbocycles. The lowest BCUT2D eigenvalue weighted by atomic mass is 9.95. The molecular formula is C24H32N6O. The molecule has 31 heavy (non-hydrogen) atoms. The van der Waals surface area contributed by atoms with Crippen LogP contribution in [0.4, 0.5) is 5.82 Å². The summed E-state index contributed by atoms with van der Waals surface area (Å²) in [7, 11) is 0. The van der Waals surface area contributed by atoms with Crippen LogP contribution >= 0.6 is 0 Å². The van der Waals surface area contributed by atoms with Crippen LogP contribution in [-0.4, -0.2) is 53.0 Å². The molecule has 1 aromatic heterocycles. The van der Waals surface area contributed by atoms with Crippen LogP contribution < -0.4 is 10.6 Å². The number of benzene rings is 1. The van der Waals surface area contributed by atoms with Gasteiger partial charge in [0.05, 0.1) is 17.1 Å². The van der Waals surface area contributed by atoms with E-state index in [4.69, 9.17) is 5.26 Å². The van der Waals surface area contributed by atoms with E-state index in [0.29, 0.717) is 17.5 Å². The Morgan fingerprint density at radius 1 is 1.19 bits per heavy atom. The Hall–Kier alpha value is -2.72. The van der Waals surface area contributed by atoms with Crippen LogP contribution in [0, 0.1) is 16.7 Å². The molecular weight excluding hydrogens is 388 g/mol. The van der Waals surface area contributed by atoms with Gasteiger partial charge in [0.25, 0.3) is 0 Å². The minimum atomic E-state index is 0.0251. The van der Waals surface area contributed by atoms with Crippen LogP contribution in [0.1, 0.15) is 57.4 Å². The van der Waals surface area contributed by atoms with Crippen molar-refractivity contribution >= 4 is 22.6 Å². The Balaban J connectivity index is 0.000000166. The quantitative estimate of drug-likeness (QED) is 0.790. The average molecular weight is 421 g/mol. The molecule has 2 aromatic rings. The zero-order valence-electron chi connectivity index (χ0n) is 18.4. The minimum Gasteiger partial charge on any atom is -0.367 e. The van der Waals surface area contributed by atoms with Gasteiger partial charge in [-0.25, -0.2) is 9.97 Å². The molecule has 0 bridgehead atoms. The van der Waals surface area contributed by atoms with Crippen molar-refractivity contribution < 1.29 is 4.79 Å². The summed E-state index contributed by atoms with van der Waals surface area (Å²) in [6.07, 6.45) is 10.1. The highest BCUT2D eigenvalue weighted by atomic mass is 16.2. The van der Waals surface area contributed by atoms with Gasteiger partial charge in [-0.05, 0) is 43.9 Å². The van der Waals surface area contributed by atoms with Crippen LogP contribution in [0.5, 0.6) is 0 Å². The van der Waals surface area contributed by atoms with Gasteiger partial charge in [-0.3, -0.25) is 4.79 Å². The number of carbonyl (C=O) groups excluding carboxylic acids is 1. The topological polar surface area (TPSA) is 93.9 Å². The molecule has 2 saturated carbocycles. The molecule has 5 rings (SSSR count). The van der Waals surface area contributed by atoms with Crippen LogP contribution in [-0.2, 0) is 4.79 Å². The Kier molecular flexibility index (Phi) is 6.67. The van der Waals surface area contributed by atoms with Crippen molar-refractivity contribution in [1.29, 1.82) is 5.26 Å². The summed E-state index contributed by atoms with van der Waals surface area (Å²) in [4.78, 5) is 22.4. The lowest BCUT2D eigenvalue weighted by molar-refractivity contribution is -0.136. The van der Waals surface area contributed by atoms with Crippen LogP contribution in [0.3, 0.4) is 0 Å². The predicted molar refractivity (Wildman–Crippen MR) is 122 cm³/mol. The number of nitrogens with zero attached hydrogens (tertiary/aromatic N) is 4. The van der Waals surface area contributed by atoms with E-state index in [2.05, 4.69) is 33.6 Å². The fourth-order valence-corrected chi connectivity index (χ4v) is 4.33. The van der Waals surface area contributed by atoms with Gasteiger partial charge in [0, 0.05) is 43.0 Å². The monoisotopic (exact) mass is 420 g/mol. The number of amides is 1. The number of nitrogens with one attached hydrogen (secondary N) is 2. The van der Waals surface area contributed by atoms with Crippen LogP contribution in [0.25, 0.3) is 10.9 Å². The zero-order valence-corrected chi connectivity index (χ0v) is 18.4. The average Bonchev–Trinajstić information content (AvgIpc) is 3.58. The van der Waals surface area contributed by atoms with E-state index in [-0.39, 0.29) is 5.41 Å². The summed E-state index contributed by atoms with van der Waals surface area (Å²) in [5, 5.41) is 16.7. The standard InChI is InChI=1S/C15H16N4.C9H16N2O/c16-9-11-6-7-14-13(8-11)15(18-10-17-14)19-12-4-2-1-3-5-12;1-9(2-3-9)8(12)11-6-4-10-5-7-11/h6-8,10,12H,1-5H2,(H,17,18,19);10H,2-7H2,1H3. The Morgan fingerprint density at radius 2 is 1.94 bits per heavy atom. The molecule has 0 spiro atoms. The normalized spacial score (nSPS) is 20.3. The van der Waals surface area contributed by atoms with E-state index >= 15 is 0 Å². The molecule has 1 aliphatic heterocycles. The third-order valence-corrected chi connectivity index (χ3v) is 6.63. The number of piperazine rings is 1. The zero-order chi connectivity index (χ0) is 21.7. The molecule has 0 atom stereocenters. The molecule has 7 heteroatoms. The number of carbonyl (C=O) groups is 1. The van der Waals surface area contributed by atoms with Gasteiger partial charge in [-0.2, -0.15) is 5.26 Å². The van der Waals surface area contributed by atoms with Crippen molar-refractivity contribution in [3.05, 3.63) is 30.1 Å². The van der Waals surface area contributed by atoms with Crippen molar-refractivity contribution in [2.24, 2.45) is 5.41 Å².